The number of H-pyrrole nitrogens is 1. The lowest BCUT2D eigenvalue weighted by Gasteiger charge is -2.12. The number of benzene rings is 2. The van der Waals surface area contributed by atoms with Gasteiger partial charge in [-0.15, -0.1) is 0 Å². The van der Waals surface area contributed by atoms with Crippen LogP contribution in [-0.4, -0.2) is 50.3 Å². The fourth-order valence-corrected chi connectivity index (χ4v) is 2.88. The fraction of sp³-hybridized carbons (Fsp3) is 0.227. The third kappa shape index (κ3) is 5.13. The van der Waals surface area contributed by atoms with Gasteiger partial charge in [0.15, 0.2) is 11.5 Å². The van der Waals surface area contributed by atoms with E-state index in [9.17, 15) is 4.79 Å². The predicted molar refractivity (Wildman–Crippen MR) is 116 cm³/mol. The summed E-state index contributed by atoms with van der Waals surface area (Å²) in [7, 11) is 4.58. The van der Waals surface area contributed by atoms with Gasteiger partial charge in [-0.1, -0.05) is 0 Å². The molecule has 0 radical (unpaired) electrons. The zero-order valence-electron chi connectivity index (χ0n) is 17.8. The molecule has 9 heteroatoms. The maximum absolute atomic E-state index is 12.4. The molecule has 0 unspecified atom stereocenters. The average Bonchev–Trinajstić information content (AvgIpc) is 3.29. The summed E-state index contributed by atoms with van der Waals surface area (Å²) < 4.78 is 21.3. The lowest BCUT2D eigenvalue weighted by Crippen LogP contribution is -2.18. The number of carbonyl (C=O) groups excluding carboxylic acids is 1. The molecule has 0 fully saturated rings. The van der Waals surface area contributed by atoms with E-state index in [1.165, 1.54) is 27.5 Å². The van der Waals surface area contributed by atoms with Gasteiger partial charge in [-0.2, -0.15) is 10.2 Å². The molecule has 0 atom stereocenters. The van der Waals surface area contributed by atoms with Crippen LogP contribution in [-0.2, 0) is 0 Å². The third-order valence-electron chi connectivity index (χ3n) is 4.35. The van der Waals surface area contributed by atoms with Gasteiger partial charge in [0.25, 0.3) is 5.91 Å². The van der Waals surface area contributed by atoms with Crippen LogP contribution in [0.3, 0.4) is 0 Å². The lowest BCUT2D eigenvalue weighted by atomic mass is 10.1. The number of methoxy groups -OCH3 is 3. The minimum absolute atomic E-state index is 0.283. The highest BCUT2D eigenvalue weighted by molar-refractivity contribution is 5.94. The number of nitrogens with zero attached hydrogens (tertiary/aromatic N) is 2. The van der Waals surface area contributed by atoms with Crippen molar-refractivity contribution in [3.8, 4) is 34.3 Å². The number of hydrogen-bond acceptors (Lipinski definition) is 7. The molecule has 2 aromatic carbocycles. The average molecular weight is 424 g/mol. The van der Waals surface area contributed by atoms with Crippen LogP contribution in [0.2, 0.25) is 0 Å². The van der Waals surface area contributed by atoms with Crippen molar-refractivity contribution in [1.29, 1.82) is 0 Å². The molecule has 3 aromatic rings. The Bertz CT molecular complexity index is 1040. The zero-order chi connectivity index (χ0) is 22.2. The van der Waals surface area contributed by atoms with Crippen molar-refractivity contribution >= 4 is 12.1 Å². The Morgan fingerprint density at radius 1 is 1.06 bits per heavy atom. The Labute approximate surface area is 180 Å². The first kappa shape index (κ1) is 21.7. The third-order valence-corrected chi connectivity index (χ3v) is 4.35. The van der Waals surface area contributed by atoms with Gasteiger partial charge in [0.2, 0.25) is 5.75 Å². The molecule has 0 saturated heterocycles. The highest BCUT2D eigenvalue weighted by Crippen LogP contribution is 2.37. The Morgan fingerprint density at radius 2 is 1.74 bits per heavy atom. The summed E-state index contributed by atoms with van der Waals surface area (Å²) in [6.45, 7) is 2.53. The minimum Gasteiger partial charge on any atom is -0.494 e. The van der Waals surface area contributed by atoms with Crippen LogP contribution in [0.25, 0.3) is 11.3 Å². The van der Waals surface area contributed by atoms with Crippen molar-refractivity contribution in [2.75, 3.05) is 27.9 Å². The topological polar surface area (TPSA) is 107 Å². The van der Waals surface area contributed by atoms with Crippen LogP contribution >= 0.6 is 0 Å². The summed E-state index contributed by atoms with van der Waals surface area (Å²) >= 11 is 0. The summed E-state index contributed by atoms with van der Waals surface area (Å²) in [5.41, 5.74) is 4.91. The summed E-state index contributed by atoms with van der Waals surface area (Å²) in [4.78, 5) is 12.4. The largest absolute Gasteiger partial charge is 0.494 e. The Balaban J connectivity index is 1.68. The van der Waals surface area contributed by atoms with E-state index in [-0.39, 0.29) is 5.69 Å². The number of aromatic amines is 1. The van der Waals surface area contributed by atoms with E-state index in [0.717, 1.165) is 11.3 Å². The second-order valence-corrected chi connectivity index (χ2v) is 6.28. The van der Waals surface area contributed by atoms with Gasteiger partial charge in [-0.3, -0.25) is 9.89 Å². The number of hydrazone groups is 1. The molecular formula is C22H24N4O5. The summed E-state index contributed by atoms with van der Waals surface area (Å²) in [6, 6.07) is 12.6. The van der Waals surface area contributed by atoms with Gasteiger partial charge in [-0.05, 0) is 49.4 Å². The molecule has 1 aromatic heterocycles. The molecule has 9 nitrogen and oxygen atoms in total. The van der Waals surface area contributed by atoms with Crippen molar-refractivity contribution in [2.45, 2.75) is 6.92 Å². The van der Waals surface area contributed by atoms with Crippen molar-refractivity contribution in [2.24, 2.45) is 5.10 Å². The monoisotopic (exact) mass is 424 g/mol. The lowest BCUT2D eigenvalue weighted by molar-refractivity contribution is 0.0950. The normalized spacial score (nSPS) is 10.7. The first-order chi connectivity index (χ1) is 15.1. The van der Waals surface area contributed by atoms with Crippen LogP contribution in [0.5, 0.6) is 23.0 Å². The van der Waals surface area contributed by atoms with Gasteiger partial charge in [0.1, 0.15) is 11.4 Å². The second-order valence-electron chi connectivity index (χ2n) is 6.28. The van der Waals surface area contributed by atoms with Gasteiger partial charge < -0.3 is 18.9 Å². The minimum atomic E-state index is -0.423. The Morgan fingerprint density at radius 3 is 2.32 bits per heavy atom. The maximum atomic E-state index is 12.4. The van der Waals surface area contributed by atoms with Crippen molar-refractivity contribution in [3.63, 3.8) is 0 Å². The summed E-state index contributed by atoms with van der Waals surface area (Å²) in [5.74, 6) is 1.81. The van der Waals surface area contributed by atoms with Crippen LogP contribution < -0.4 is 24.4 Å². The molecule has 0 aliphatic heterocycles. The molecule has 0 bridgehead atoms. The van der Waals surface area contributed by atoms with Gasteiger partial charge in [0, 0.05) is 11.1 Å². The number of ether oxygens (including phenoxy) is 4. The molecule has 162 valence electrons. The highest BCUT2D eigenvalue weighted by Gasteiger charge is 2.13. The van der Waals surface area contributed by atoms with Gasteiger partial charge >= 0.3 is 0 Å². The second kappa shape index (κ2) is 10.1. The van der Waals surface area contributed by atoms with Crippen LogP contribution in [0, 0.1) is 0 Å². The van der Waals surface area contributed by atoms with E-state index in [0.29, 0.717) is 35.1 Å². The van der Waals surface area contributed by atoms with E-state index in [1.54, 1.807) is 18.2 Å². The number of hydrogen-bond donors (Lipinski definition) is 2. The first-order valence-electron chi connectivity index (χ1n) is 9.51. The maximum Gasteiger partial charge on any atom is 0.289 e. The molecule has 31 heavy (non-hydrogen) atoms. The number of aromatic nitrogens is 2. The van der Waals surface area contributed by atoms with Crippen LogP contribution in [0.1, 0.15) is 23.0 Å². The first-order valence-corrected chi connectivity index (χ1v) is 9.51. The quantitative estimate of drug-likeness (QED) is 0.403. The van der Waals surface area contributed by atoms with E-state index >= 15 is 0 Å². The molecule has 1 heterocycles. The van der Waals surface area contributed by atoms with Crippen molar-refractivity contribution < 1.29 is 23.7 Å². The molecule has 0 saturated carbocycles. The number of nitrogens with one attached hydrogen (secondary N) is 2. The van der Waals surface area contributed by atoms with Gasteiger partial charge in [-0.25, -0.2) is 5.43 Å². The SMILES string of the molecule is CCOc1ccc(-c2cc(C(=O)NN=Cc3cc(OC)c(OC)c(OC)c3)[nH]n2)cc1. The Hall–Kier alpha value is -4.01. The molecule has 2 N–H and O–H groups in total. The van der Waals surface area contributed by atoms with Gasteiger partial charge in [0.05, 0.1) is 39.8 Å². The molecule has 3 rings (SSSR count). The predicted octanol–water partition coefficient (Wildman–Crippen LogP) is 3.27. The molecule has 1 amide bonds. The standard InChI is InChI=1S/C22H24N4O5/c1-5-31-16-8-6-15(7-9-16)17-12-18(25-24-17)22(27)26-23-13-14-10-19(28-2)21(30-4)20(11-14)29-3/h6-13H,5H2,1-4H3,(H,24,25)(H,26,27). The van der Waals surface area contributed by atoms with Crippen LogP contribution in [0.4, 0.5) is 0 Å². The molecule has 0 spiro atoms. The Kier molecular flexibility index (Phi) is 7.10. The smallest absolute Gasteiger partial charge is 0.289 e. The summed E-state index contributed by atoms with van der Waals surface area (Å²) in [6.07, 6.45) is 1.48. The van der Waals surface area contributed by atoms with E-state index < -0.39 is 5.91 Å². The molecule has 0 aliphatic rings. The van der Waals surface area contributed by atoms with E-state index in [1.807, 2.05) is 31.2 Å². The zero-order valence-corrected chi connectivity index (χ0v) is 17.8. The molecular weight excluding hydrogens is 400 g/mol. The number of amides is 1. The van der Waals surface area contributed by atoms with E-state index in [4.69, 9.17) is 18.9 Å². The number of rotatable bonds is 9. The van der Waals surface area contributed by atoms with Crippen molar-refractivity contribution in [3.05, 3.63) is 53.7 Å². The fourth-order valence-electron chi connectivity index (χ4n) is 2.88. The highest BCUT2D eigenvalue weighted by atomic mass is 16.5. The number of carbonyl (C=O) groups is 1. The van der Waals surface area contributed by atoms with Crippen molar-refractivity contribution in [1.82, 2.24) is 15.6 Å². The molecule has 0 aliphatic carbocycles. The summed E-state index contributed by atoms with van der Waals surface area (Å²) in [5, 5.41) is 10.9. The van der Waals surface area contributed by atoms with E-state index in [2.05, 4.69) is 20.7 Å². The van der Waals surface area contributed by atoms with Crippen LogP contribution in [0.15, 0.2) is 47.6 Å².